The average Bonchev–Trinajstić information content (AvgIpc) is 3.08. The molecule has 6 nitrogen and oxygen atoms in total. The number of aromatic nitrogens is 4. The third-order valence-corrected chi connectivity index (χ3v) is 3.86. The van der Waals surface area contributed by atoms with Gasteiger partial charge in [0.15, 0.2) is 0 Å². The van der Waals surface area contributed by atoms with E-state index in [0.717, 1.165) is 62.2 Å². The van der Waals surface area contributed by atoms with Gasteiger partial charge in [0.1, 0.15) is 23.5 Å². The Bertz CT molecular complexity index is 604. The third-order valence-electron chi connectivity index (χ3n) is 3.86. The van der Waals surface area contributed by atoms with E-state index in [4.69, 9.17) is 9.47 Å². The molecule has 0 unspecified atom stereocenters. The molecule has 0 amide bonds. The van der Waals surface area contributed by atoms with Crippen LogP contribution in [0.25, 0.3) is 11.4 Å². The van der Waals surface area contributed by atoms with Crippen LogP contribution in [0.2, 0.25) is 0 Å². The van der Waals surface area contributed by atoms with Gasteiger partial charge >= 0.3 is 0 Å². The normalized spacial score (nSPS) is 11.3. The Morgan fingerprint density at radius 2 is 1.96 bits per heavy atom. The predicted molar refractivity (Wildman–Crippen MR) is 89.4 cm³/mol. The minimum atomic E-state index is 0.672. The van der Waals surface area contributed by atoms with E-state index in [0.29, 0.717) is 6.61 Å². The molecule has 0 spiro atoms. The molecule has 2 aromatic heterocycles. The minimum absolute atomic E-state index is 0.672. The van der Waals surface area contributed by atoms with E-state index in [9.17, 15) is 0 Å². The van der Waals surface area contributed by atoms with Gasteiger partial charge in [-0.3, -0.25) is 0 Å². The van der Waals surface area contributed by atoms with Gasteiger partial charge in [0.05, 0.1) is 12.3 Å². The maximum absolute atomic E-state index is 5.46. The molecule has 0 bridgehead atoms. The lowest BCUT2D eigenvalue weighted by Gasteiger charge is -2.08. The fourth-order valence-electron chi connectivity index (χ4n) is 2.56. The summed E-state index contributed by atoms with van der Waals surface area (Å²) in [5.41, 5.74) is 1.85. The molecule has 0 aliphatic heterocycles. The van der Waals surface area contributed by atoms with Crippen molar-refractivity contribution in [1.29, 1.82) is 0 Å². The Hall–Kier alpha value is -1.66. The van der Waals surface area contributed by atoms with Gasteiger partial charge in [0.2, 0.25) is 0 Å². The largest absolute Gasteiger partial charge is 0.385 e. The molecule has 0 saturated carbocycles. The van der Waals surface area contributed by atoms with Crippen LogP contribution >= 0.6 is 0 Å². The predicted octanol–water partition coefficient (Wildman–Crippen LogP) is 2.63. The SMILES string of the molecule is CCOCCn1c(-c2cn(CCCCOC)c(C)n2)[c]nc1C. The van der Waals surface area contributed by atoms with E-state index < -0.39 is 0 Å². The van der Waals surface area contributed by atoms with Crippen LogP contribution in [-0.2, 0) is 22.6 Å². The molecule has 0 fully saturated rings. The maximum Gasteiger partial charge on any atom is 0.119 e. The van der Waals surface area contributed by atoms with Crippen LogP contribution < -0.4 is 0 Å². The van der Waals surface area contributed by atoms with Crippen molar-refractivity contribution in [1.82, 2.24) is 19.1 Å². The van der Waals surface area contributed by atoms with Gasteiger partial charge in [-0.2, -0.15) is 0 Å². The van der Waals surface area contributed by atoms with Gasteiger partial charge in [-0.1, -0.05) is 0 Å². The maximum atomic E-state index is 5.46. The zero-order valence-electron chi connectivity index (χ0n) is 14.6. The molecule has 2 heterocycles. The lowest BCUT2D eigenvalue weighted by Crippen LogP contribution is -2.09. The molecule has 2 aromatic rings. The number of unbranched alkanes of at least 4 members (excludes halogenated alkanes) is 1. The van der Waals surface area contributed by atoms with Crippen molar-refractivity contribution in [2.75, 3.05) is 26.9 Å². The summed E-state index contributed by atoms with van der Waals surface area (Å²) in [6, 6.07) is 0. The van der Waals surface area contributed by atoms with Crippen LogP contribution in [0.4, 0.5) is 0 Å². The van der Waals surface area contributed by atoms with Crippen molar-refractivity contribution >= 4 is 0 Å². The standard InChI is InChI=1S/C17H27N4O2/c1-5-23-11-9-21-14(2)18-12-17(21)16-13-20(15(3)19-16)8-6-7-10-22-4/h13H,5-11H2,1-4H3. The zero-order chi connectivity index (χ0) is 16.7. The second kappa shape index (κ2) is 8.84. The minimum Gasteiger partial charge on any atom is -0.385 e. The third kappa shape index (κ3) is 4.65. The van der Waals surface area contributed by atoms with Crippen molar-refractivity contribution in [3.8, 4) is 11.4 Å². The average molecular weight is 319 g/mol. The lowest BCUT2D eigenvalue weighted by atomic mass is 10.3. The molecule has 0 N–H and O–H groups in total. The molecule has 0 saturated heterocycles. The summed E-state index contributed by atoms with van der Waals surface area (Å²) in [6.45, 7) is 9.95. The molecular formula is C17H27N4O2. The van der Waals surface area contributed by atoms with Gasteiger partial charge in [0.25, 0.3) is 0 Å². The summed E-state index contributed by atoms with van der Waals surface area (Å²) in [6.07, 6.45) is 7.32. The Morgan fingerprint density at radius 3 is 2.70 bits per heavy atom. The topological polar surface area (TPSA) is 54.1 Å². The van der Waals surface area contributed by atoms with Crippen LogP contribution in [-0.4, -0.2) is 46.0 Å². The Kier molecular flexibility index (Phi) is 6.80. The van der Waals surface area contributed by atoms with E-state index in [1.165, 1.54) is 0 Å². The first kappa shape index (κ1) is 17.7. The van der Waals surface area contributed by atoms with Crippen molar-refractivity contribution in [2.45, 2.75) is 46.7 Å². The van der Waals surface area contributed by atoms with Crippen LogP contribution in [0.5, 0.6) is 0 Å². The summed E-state index contributed by atoms with van der Waals surface area (Å²) < 4.78 is 14.9. The number of hydrogen-bond donors (Lipinski definition) is 0. The highest BCUT2D eigenvalue weighted by molar-refractivity contribution is 5.53. The van der Waals surface area contributed by atoms with Gasteiger partial charge in [-0.25, -0.2) is 9.97 Å². The number of nitrogens with zero attached hydrogens (tertiary/aromatic N) is 4. The van der Waals surface area contributed by atoms with Gasteiger partial charge < -0.3 is 18.6 Å². The Labute approximate surface area is 138 Å². The van der Waals surface area contributed by atoms with Gasteiger partial charge in [-0.15, -0.1) is 0 Å². The number of imidazole rings is 2. The molecule has 127 valence electrons. The number of rotatable bonds is 10. The quantitative estimate of drug-likeness (QED) is 0.632. The first-order chi connectivity index (χ1) is 11.2. The van der Waals surface area contributed by atoms with Crippen LogP contribution in [0.15, 0.2) is 6.20 Å². The molecule has 0 aliphatic carbocycles. The molecule has 6 heteroatoms. The first-order valence-corrected chi connectivity index (χ1v) is 8.23. The molecule has 23 heavy (non-hydrogen) atoms. The van der Waals surface area contributed by atoms with Gasteiger partial charge in [-0.05, 0) is 33.6 Å². The molecule has 0 aromatic carbocycles. The number of hydrogen-bond acceptors (Lipinski definition) is 4. The Balaban J connectivity index is 2.09. The molecule has 1 radical (unpaired) electrons. The highest BCUT2D eigenvalue weighted by Gasteiger charge is 2.13. The highest BCUT2D eigenvalue weighted by atomic mass is 16.5. The number of methoxy groups -OCH3 is 1. The van der Waals surface area contributed by atoms with E-state index >= 15 is 0 Å². The monoisotopic (exact) mass is 319 g/mol. The van der Waals surface area contributed by atoms with Crippen molar-refractivity contribution in [2.24, 2.45) is 0 Å². The van der Waals surface area contributed by atoms with Crippen molar-refractivity contribution in [3.63, 3.8) is 0 Å². The van der Waals surface area contributed by atoms with E-state index in [1.807, 2.05) is 20.8 Å². The van der Waals surface area contributed by atoms with Crippen LogP contribution in [0.1, 0.15) is 31.4 Å². The van der Waals surface area contributed by atoms with Crippen LogP contribution in [0.3, 0.4) is 0 Å². The van der Waals surface area contributed by atoms with Crippen molar-refractivity contribution < 1.29 is 9.47 Å². The summed E-state index contributed by atoms with van der Waals surface area (Å²) >= 11 is 0. The fraction of sp³-hybridized carbons (Fsp3) is 0.647. The smallest absolute Gasteiger partial charge is 0.119 e. The zero-order valence-corrected chi connectivity index (χ0v) is 14.6. The lowest BCUT2D eigenvalue weighted by molar-refractivity contribution is 0.139. The second-order valence-corrected chi connectivity index (χ2v) is 5.53. The van der Waals surface area contributed by atoms with E-state index in [1.54, 1.807) is 7.11 Å². The summed E-state index contributed by atoms with van der Waals surface area (Å²) in [7, 11) is 1.74. The van der Waals surface area contributed by atoms with E-state index in [2.05, 4.69) is 31.5 Å². The fourth-order valence-corrected chi connectivity index (χ4v) is 2.56. The molecule has 0 aliphatic rings. The first-order valence-electron chi connectivity index (χ1n) is 8.23. The van der Waals surface area contributed by atoms with E-state index in [-0.39, 0.29) is 0 Å². The summed E-state index contributed by atoms with van der Waals surface area (Å²) in [5, 5.41) is 0. The summed E-state index contributed by atoms with van der Waals surface area (Å²) in [5.74, 6) is 1.95. The molecule has 2 rings (SSSR count). The van der Waals surface area contributed by atoms with Crippen LogP contribution in [0, 0.1) is 20.0 Å². The number of ether oxygens (including phenoxy) is 2. The second-order valence-electron chi connectivity index (χ2n) is 5.53. The highest BCUT2D eigenvalue weighted by Crippen LogP contribution is 2.20. The Morgan fingerprint density at radius 1 is 1.13 bits per heavy atom. The molecular weight excluding hydrogens is 292 g/mol. The summed E-state index contributed by atoms with van der Waals surface area (Å²) in [4.78, 5) is 8.99. The van der Waals surface area contributed by atoms with Gasteiger partial charge in [0, 0.05) is 39.6 Å². The van der Waals surface area contributed by atoms with Crippen molar-refractivity contribution in [3.05, 3.63) is 24.0 Å². The number of aryl methyl sites for hydroxylation is 3. The molecule has 0 atom stereocenters.